The molecule has 1 fully saturated rings. The number of benzene rings is 2. The Morgan fingerprint density at radius 3 is 2.40 bits per heavy atom. The number of rotatable bonds is 9. The molecule has 6 heteroatoms. The molecule has 1 aliphatic rings. The Kier molecular flexibility index (Phi) is 8.20. The van der Waals surface area contributed by atoms with Crippen molar-refractivity contribution in [3.8, 4) is 5.75 Å². The van der Waals surface area contributed by atoms with Crippen molar-refractivity contribution >= 4 is 23.6 Å². The number of nitrogens with zero attached hydrogens (tertiary/aromatic N) is 1. The standard InChI is InChI=1S/C24H30N2O3S/c1-18(24(28)25-20-8-6-7-9-20)26(16-19-12-14-21(29-2)15-13-19)23(27)17-30-22-10-4-3-5-11-22/h3-5,10-15,18,20H,6-9,16-17H2,1-2H3,(H,25,28)/t18-/m0/s1. The van der Waals surface area contributed by atoms with Crippen molar-refractivity contribution in [2.24, 2.45) is 0 Å². The van der Waals surface area contributed by atoms with Crippen LogP contribution < -0.4 is 10.1 Å². The third kappa shape index (κ3) is 6.26. The summed E-state index contributed by atoms with van der Waals surface area (Å²) in [5, 5.41) is 3.13. The van der Waals surface area contributed by atoms with E-state index in [0.717, 1.165) is 41.9 Å². The van der Waals surface area contributed by atoms with Crippen LogP contribution in [-0.2, 0) is 16.1 Å². The van der Waals surface area contributed by atoms with Crippen LogP contribution in [-0.4, -0.2) is 41.7 Å². The summed E-state index contributed by atoms with van der Waals surface area (Å²) in [6.45, 7) is 2.20. The molecule has 2 amide bonds. The highest BCUT2D eigenvalue weighted by Crippen LogP contribution is 2.21. The van der Waals surface area contributed by atoms with Crippen molar-refractivity contribution in [3.63, 3.8) is 0 Å². The van der Waals surface area contributed by atoms with Crippen LogP contribution in [0.5, 0.6) is 5.75 Å². The summed E-state index contributed by atoms with van der Waals surface area (Å²) in [5.74, 6) is 0.937. The van der Waals surface area contributed by atoms with Crippen LogP contribution >= 0.6 is 11.8 Å². The van der Waals surface area contributed by atoms with Crippen LogP contribution in [0.4, 0.5) is 0 Å². The van der Waals surface area contributed by atoms with E-state index in [-0.39, 0.29) is 17.9 Å². The van der Waals surface area contributed by atoms with E-state index in [1.54, 1.807) is 12.0 Å². The normalized spacial score (nSPS) is 14.9. The first kappa shape index (κ1) is 22.2. The molecule has 0 radical (unpaired) electrons. The summed E-state index contributed by atoms with van der Waals surface area (Å²) in [4.78, 5) is 28.7. The maximum absolute atomic E-state index is 13.1. The molecular formula is C24H30N2O3S. The van der Waals surface area contributed by atoms with E-state index in [9.17, 15) is 9.59 Å². The lowest BCUT2D eigenvalue weighted by Gasteiger charge is -2.29. The number of amides is 2. The first-order valence-corrected chi connectivity index (χ1v) is 11.5. The lowest BCUT2D eigenvalue weighted by atomic mass is 10.1. The monoisotopic (exact) mass is 426 g/mol. The summed E-state index contributed by atoms with van der Waals surface area (Å²) in [6, 6.07) is 17.2. The zero-order chi connectivity index (χ0) is 21.3. The van der Waals surface area contributed by atoms with Crippen molar-refractivity contribution in [2.75, 3.05) is 12.9 Å². The highest BCUT2D eigenvalue weighted by Gasteiger charge is 2.28. The SMILES string of the molecule is COc1ccc(CN(C(=O)CSc2ccccc2)[C@@H](C)C(=O)NC2CCCC2)cc1. The zero-order valence-corrected chi connectivity index (χ0v) is 18.5. The van der Waals surface area contributed by atoms with E-state index < -0.39 is 6.04 Å². The van der Waals surface area contributed by atoms with Crippen molar-refractivity contribution in [3.05, 3.63) is 60.2 Å². The zero-order valence-electron chi connectivity index (χ0n) is 17.7. The van der Waals surface area contributed by atoms with Gasteiger partial charge in [-0.2, -0.15) is 0 Å². The number of thioether (sulfide) groups is 1. The minimum Gasteiger partial charge on any atom is -0.497 e. The van der Waals surface area contributed by atoms with Gasteiger partial charge in [0.15, 0.2) is 0 Å². The quantitative estimate of drug-likeness (QED) is 0.609. The van der Waals surface area contributed by atoms with Gasteiger partial charge < -0.3 is 15.0 Å². The fourth-order valence-electron chi connectivity index (χ4n) is 3.65. The fraction of sp³-hybridized carbons (Fsp3) is 0.417. The van der Waals surface area contributed by atoms with Gasteiger partial charge in [-0.05, 0) is 49.6 Å². The Labute approximate surface area is 183 Å². The minimum atomic E-state index is -0.531. The average Bonchev–Trinajstić information content (AvgIpc) is 3.29. The minimum absolute atomic E-state index is 0.0475. The van der Waals surface area contributed by atoms with Gasteiger partial charge in [-0.1, -0.05) is 43.2 Å². The Balaban J connectivity index is 1.70. The van der Waals surface area contributed by atoms with Crippen LogP contribution in [0, 0.1) is 0 Å². The van der Waals surface area contributed by atoms with Gasteiger partial charge in [-0.3, -0.25) is 9.59 Å². The Morgan fingerprint density at radius 1 is 1.10 bits per heavy atom. The maximum Gasteiger partial charge on any atom is 0.242 e. The second kappa shape index (κ2) is 11.1. The summed E-state index contributed by atoms with van der Waals surface area (Å²) >= 11 is 1.49. The molecule has 2 aromatic carbocycles. The highest BCUT2D eigenvalue weighted by atomic mass is 32.2. The van der Waals surface area contributed by atoms with Crippen molar-refractivity contribution in [1.29, 1.82) is 0 Å². The molecule has 1 aliphatic carbocycles. The Morgan fingerprint density at radius 2 is 1.77 bits per heavy atom. The molecule has 2 aromatic rings. The fourth-order valence-corrected chi connectivity index (χ4v) is 4.45. The third-order valence-electron chi connectivity index (χ3n) is 5.49. The second-order valence-corrected chi connectivity index (χ2v) is 8.69. The molecule has 0 aliphatic heterocycles. The number of hydrogen-bond acceptors (Lipinski definition) is 4. The van der Waals surface area contributed by atoms with Gasteiger partial charge in [0.1, 0.15) is 11.8 Å². The van der Waals surface area contributed by atoms with E-state index >= 15 is 0 Å². The molecule has 30 heavy (non-hydrogen) atoms. The van der Waals surface area contributed by atoms with E-state index in [1.807, 2.05) is 61.5 Å². The molecule has 160 valence electrons. The molecule has 1 N–H and O–H groups in total. The number of methoxy groups -OCH3 is 1. The number of carbonyl (C=O) groups excluding carboxylic acids is 2. The van der Waals surface area contributed by atoms with Gasteiger partial charge in [0.2, 0.25) is 11.8 Å². The number of carbonyl (C=O) groups is 2. The molecule has 3 rings (SSSR count). The molecule has 5 nitrogen and oxygen atoms in total. The lowest BCUT2D eigenvalue weighted by Crippen LogP contribution is -2.50. The van der Waals surface area contributed by atoms with Crippen LogP contribution in [0.15, 0.2) is 59.5 Å². The van der Waals surface area contributed by atoms with Crippen molar-refractivity contribution < 1.29 is 14.3 Å². The van der Waals surface area contributed by atoms with E-state index in [2.05, 4.69) is 5.32 Å². The summed E-state index contributed by atoms with van der Waals surface area (Å²) in [6.07, 6.45) is 4.35. The van der Waals surface area contributed by atoms with E-state index in [4.69, 9.17) is 4.74 Å². The number of ether oxygens (including phenoxy) is 1. The van der Waals surface area contributed by atoms with Gasteiger partial charge in [0.25, 0.3) is 0 Å². The van der Waals surface area contributed by atoms with Gasteiger partial charge in [-0.25, -0.2) is 0 Å². The largest absolute Gasteiger partial charge is 0.497 e. The summed E-state index contributed by atoms with van der Waals surface area (Å²) in [7, 11) is 1.63. The molecule has 0 bridgehead atoms. The van der Waals surface area contributed by atoms with E-state index in [1.165, 1.54) is 11.8 Å². The van der Waals surface area contributed by atoms with Gasteiger partial charge in [0.05, 0.1) is 12.9 Å². The van der Waals surface area contributed by atoms with Crippen molar-refractivity contribution in [2.45, 2.75) is 56.1 Å². The Bertz CT molecular complexity index is 820. The highest BCUT2D eigenvalue weighted by molar-refractivity contribution is 8.00. The molecule has 1 saturated carbocycles. The molecule has 0 saturated heterocycles. The topological polar surface area (TPSA) is 58.6 Å². The third-order valence-corrected chi connectivity index (χ3v) is 6.48. The number of hydrogen-bond donors (Lipinski definition) is 1. The number of nitrogens with one attached hydrogen (secondary N) is 1. The van der Waals surface area contributed by atoms with E-state index in [0.29, 0.717) is 12.3 Å². The smallest absolute Gasteiger partial charge is 0.242 e. The van der Waals surface area contributed by atoms with Gasteiger partial charge in [-0.15, -0.1) is 11.8 Å². The first-order valence-electron chi connectivity index (χ1n) is 10.5. The molecular weight excluding hydrogens is 396 g/mol. The molecule has 1 atom stereocenters. The second-order valence-electron chi connectivity index (χ2n) is 7.64. The van der Waals surface area contributed by atoms with Crippen molar-refractivity contribution in [1.82, 2.24) is 10.2 Å². The van der Waals surface area contributed by atoms with Crippen LogP contribution in [0.3, 0.4) is 0 Å². The van der Waals surface area contributed by atoms with Gasteiger partial charge >= 0.3 is 0 Å². The Hall–Kier alpha value is -2.47. The molecule has 0 aromatic heterocycles. The first-order chi connectivity index (χ1) is 14.6. The average molecular weight is 427 g/mol. The maximum atomic E-state index is 13.1. The molecule has 0 spiro atoms. The molecule has 0 unspecified atom stereocenters. The summed E-state index contributed by atoms with van der Waals surface area (Å²) in [5.41, 5.74) is 0.967. The molecule has 0 heterocycles. The lowest BCUT2D eigenvalue weighted by molar-refractivity contribution is -0.138. The summed E-state index contributed by atoms with van der Waals surface area (Å²) < 4.78 is 5.22. The van der Waals surface area contributed by atoms with Crippen LogP contribution in [0.1, 0.15) is 38.2 Å². The predicted molar refractivity (Wildman–Crippen MR) is 121 cm³/mol. The van der Waals surface area contributed by atoms with Crippen LogP contribution in [0.2, 0.25) is 0 Å². The van der Waals surface area contributed by atoms with Crippen LogP contribution in [0.25, 0.3) is 0 Å². The predicted octanol–water partition coefficient (Wildman–Crippen LogP) is 4.26. The van der Waals surface area contributed by atoms with Gasteiger partial charge in [0, 0.05) is 17.5 Å².